The summed E-state index contributed by atoms with van der Waals surface area (Å²) in [5.41, 5.74) is -2.44. The van der Waals surface area contributed by atoms with Gasteiger partial charge in [0.2, 0.25) is 0 Å². The van der Waals surface area contributed by atoms with Crippen LogP contribution in [0.3, 0.4) is 0 Å². The van der Waals surface area contributed by atoms with E-state index in [2.05, 4.69) is 0 Å². The van der Waals surface area contributed by atoms with E-state index in [1.807, 2.05) is 27.5 Å². The molecule has 0 unspecified atom stereocenters. The highest BCUT2D eigenvalue weighted by Gasteiger charge is 2.53. The lowest BCUT2D eigenvalue weighted by Gasteiger charge is -2.28. The Balaban J connectivity index is 0.000000249. The van der Waals surface area contributed by atoms with E-state index in [0.29, 0.717) is 0 Å². The number of urea groups is 1. The summed E-state index contributed by atoms with van der Waals surface area (Å²) < 4.78 is 9.80. The number of ether oxygens (including phenoxy) is 2. The van der Waals surface area contributed by atoms with Gasteiger partial charge in [-0.05, 0) is 22.9 Å². The van der Waals surface area contributed by atoms with Crippen LogP contribution in [-0.4, -0.2) is 37.2 Å². The molecule has 3 rings (SSSR count). The first kappa shape index (κ1) is 17.9. The normalized spacial score (nSPS) is 15.7. The fourth-order valence-corrected chi connectivity index (χ4v) is 3.37. The van der Waals surface area contributed by atoms with Gasteiger partial charge in [0.25, 0.3) is 17.4 Å². The third-order valence-electron chi connectivity index (χ3n) is 3.02. The third kappa shape index (κ3) is 3.40. The molecule has 0 aromatic carbocycles. The maximum absolute atomic E-state index is 11.6. The van der Waals surface area contributed by atoms with Gasteiger partial charge in [-0.25, -0.2) is 4.79 Å². The molecule has 0 spiro atoms. The number of thiophene rings is 2. The summed E-state index contributed by atoms with van der Waals surface area (Å²) in [5, 5.41) is 19.3. The van der Waals surface area contributed by atoms with Crippen molar-refractivity contribution in [1.29, 1.82) is 0 Å². The van der Waals surface area contributed by atoms with Gasteiger partial charge >= 0.3 is 6.03 Å². The molecule has 2 aromatic rings. The first-order valence-electron chi connectivity index (χ1n) is 6.50. The van der Waals surface area contributed by atoms with Crippen LogP contribution in [-0.2, 0) is 15.2 Å². The van der Waals surface area contributed by atoms with Crippen LogP contribution in [0.4, 0.5) is 4.79 Å². The molecule has 3 N–H and O–H groups in total. The minimum absolute atomic E-state index is 0.0301. The monoisotopic (exact) mass is 370 g/mol. The van der Waals surface area contributed by atoms with E-state index in [-0.39, 0.29) is 10.6 Å². The minimum Gasteiger partial charge on any atom is -0.496 e. The second-order valence-corrected chi connectivity index (χ2v) is 6.13. The van der Waals surface area contributed by atoms with E-state index in [9.17, 15) is 19.5 Å². The molecule has 0 saturated carbocycles. The van der Waals surface area contributed by atoms with E-state index < -0.39 is 23.4 Å². The number of carbonyl (C=O) groups is 3. The largest absolute Gasteiger partial charge is 0.496 e. The molecule has 1 aliphatic rings. The summed E-state index contributed by atoms with van der Waals surface area (Å²) in [6, 6.07) is 2.49. The maximum atomic E-state index is 11.6. The highest BCUT2D eigenvalue weighted by molar-refractivity contribution is 7.10. The van der Waals surface area contributed by atoms with E-state index in [0.717, 1.165) is 17.1 Å². The van der Waals surface area contributed by atoms with Gasteiger partial charge in [-0.1, -0.05) is 0 Å². The molecule has 1 fully saturated rings. The van der Waals surface area contributed by atoms with E-state index in [4.69, 9.17) is 9.47 Å². The molecule has 0 bridgehead atoms. The van der Waals surface area contributed by atoms with Crippen molar-refractivity contribution in [2.24, 2.45) is 0 Å². The number of hydrogen-bond acceptors (Lipinski definition) is 8. The number of amides is 4. The Kier molecular flexibility index (Phi) is 5.54. The zero-order valence-electron chi connectivity index (χ0n) is 12.7. The number of barbiturate groups is 1. The Morgan fingerprint density at radius 3 is 2.17 bits per heavy atom. The van der Waals surface area contributed by atoms with E-state index in [1.165, 1.54) is 13.2 Å². The topological polar surface area (TPSA) is 114 Å². The van der Waals surface area contributed by atoms with Crippen LogP contribution >= 0.6 is 22.7 Å². The van der Waals surface area contributed by atoms with Crippen molar-refractivity contribution in [3.8, 4) is 11.5 Å². The SMILES string of the molecule is COc1ccsc1.COc1ccsc1C1(O)C(=O)NC(=O)NC1=O. The van der Waals surface area contributed by atoms with Gasteiger partial charge < -0.3 is 14.6 Å². The van der Waals surface area contributed by atoms with Gasteiger partial charge in [-0.15, -0.1) is 22.7 Å². The molecule has 3 heterocycles. The van der Waals surface area contributed by atoms with Crippen LogP contribution in [0.2, 0.25) is 0 Å². The summed E-state index contributed by atoms with van der Waals surface area (Å²) in [5.74, 6) is -1.03. The Labute approximate surface area is 145 Å². The van der Waals surface area contributed by atoms with Gasteiger partial charge in [-0.2, -0.15) is 0 Å². The van der Waals surface area contributed by atoms with Gasteiger partial charge in [0.05, 0.1) is 19.1 Å². The Morgan fingerprint density at radius 1 is 1.04 bits per heavy atom. The predicted octanol–water partition coefficient (Wildman–Crippen LogP) is 1.07. The average Bonchev–Trinajstić information content (AvgIpc) is 3.23. The molecule has 2 aromatic heterocycles. The summed E-state index contributed by atoms with van der Waals surface area (Å²) in [6.07, 6.45) is 0. The molecule has 24 heavy (non-hydrogen) atoms. The minimum atomic E-state index is -2.44. The lowest BCUT2D eigenvalue weighted by Crippen LogP contribution is -2.64. The van der Waals surface area contributed by atoms with Crippen molar-refractivity contribution in [3.05, 3.63) is 33.2 Å². The molecule has 128 valence electrons. The number of imide groups is 2. The smallest absolute Gasteiger partial charge is 0.328 e. The molecule has 1 saturated heterocycles. The number of carbonyl (C=O) groups excluding carboxylic acids is 3. The first-order chi connectivity index (χ1) is 11.4. The number of aliphatic hydroxyl groups is 1. The number of rotatable bonds is 3. The van der Waals surface area contributed by atoms with Crippen LogP contribution in [0.15, 0.2) is 28.3 Å². The van der Waals surface area contributed by atoms with E-state index >= 15 is 0 Å². The van der Waals surface area contributed by atoms with Crippen molar-refractivity contribution in [1.82, 2.24) is 10.6 Å². The molecular weight excluding hydrogens is 356 g/mol. The zero-order chi connectivity index (χ0) is 17.7. The van der Waals surface area contributed by atoms with Crippen LogP contribution < -0.4 is 20.1 Å². The summed E-state index contributed by atoms with van der Waals surface area (Å²) in [6.45, 7) is 0. The Hall–Kier alpha value is -2.43. The predicted molar refractivity (Wildman–Crippen MR) is 87.3 cm³/mol. The molecule has 0 aliphatic carbocycles. The third-order valence-corrected chi connectivity index (χ3v) is 4.69. The van der Waals surface area contributed by atoms with Crippen LogP contribution in [0.5, 0.6) is 11.5 Å². The second-order valence-electron chi connectivity index (χ2n) is 4.43. The highest BCUT2D eigenvalue weighted by atomic mass is 32.1. The molecule has 1 aliphatic heterocycles. The van der Waals surface area contributed by atoms with Crippen molar-refractivity contribution >= 4 is 40.5 Å². The fraction of sp³-hybridized carbons (Fsp3) is 0.214. The molecular formula is C14H14N2O6S2. The molecule has 0 atom stereocenters. The lowest BCUT2D eigenvalue weighted by atomic mass is 9.97. The fourth-order valence-electron chi connectivity index (χ4n) is 1.82. The number of nitrogens with one attached hydrogen (secondary N) is 2. The average molecular weight is 370 g/mol. The van der Waals surface area contributed by atoms with Crippen molar-refractivity contribution in [2.75, 3.05) is 14.2 Å². The summed E-state index contributed by atoms with van der Waals surface area (Å²) >= 11 is 2.62. The van der Waals surface area contributed by atoms with Crippen LogP contribution in [0.25, 0.3) is 0 Å². The van der Waals surface area contributed by atoms with Gasteiger partial charge in [0, 0.05) is 5.38 Å². The second kappa shape index (κ2) is 7.43. The van der Waals surface area contributed by atoms with E-state index in [1.54, 1.807) is 23.8 Å². The van der Waals surface area contributed by atoms with Crippen LogP contribution in [0, 0.1) is 0 Å². The van der Waals surface area contributed by atoms with Crippen molar-refractivity contribution in [2.45, 2.75) is 5.60 Å². The summed E-state index contributed by atoms with van der Waals surface area (Å²) in [4.78, 5) is 34.1. The van der Waals surface area contributed by atoms with Gasteiger partial charge in [0.15, 0.2) is 0 Å². The quantitative estimate of drug-likeness (QED) is 0.697. The van der Waals surface area contributed by atoms with Gasteiger partial charge in [0.1, 0.15) is 11.5 Å². The Morgan fingerprint density at radius 2 is 1.71 bits per heavy atom. The molecule has 0 radical (unpaired) electrons. The lowest BCUT2D eigenvalue weighted by molar-refractivity contribution is -0.155. The Bertz CT molecular complexity index is 720. The standard InChI is InChI=1S/C9H8N2O5S.C5H6OS/c1-16-4-2-3-17-5(4)9(15)6(12)10-8(14)11-7(9)13;1-6-5-2-3-7-4-5/h2-3,15H,1H3,(H2,10,11,12,13,14);2-4H,1H3. The highest BCUT2D eigenvalue weighted by Crippen LogP contribution is 2.36. The molecule has 10 heteroatoms. The van der Waals surface area contributed by atoms with Gasteiger partial charge in [-0.3, -0.25) is 20.2 Å². The van der Waals surface area contributed by atoms with Crippen molar-refractivity contribution in [3.63, 3.8) is 0 Å². The van der Waals surface area contributed by atoms with Crippen LogP contribution in [0.1, 0.15) is 4.88 Å². The molecule has 4 amide bonds. The molecule has 8 nitrogen and oxygen atoms in total. The van der Waals surface area contributed by atoms with Crippen molar-refractivity contribution < 1.29 is 29.0 Å². The summed E-state index contributed by atoms with van der Waals surface area (Å²) in [7, 11) is 3.01. The zero-order valence-corrected chi connectivity index (χ0v) is 14.3. The number of methoxy groups -OCH3 is 2. The number of hydrogen-bond donors (Lipinski definition) is 3. The maximum Gasteiger partial charge on any atom is 0.328 e. The first-order valence-corrected chi connectivity index (χ1v) is 8.33.